The normalized spacial score (nSPS) is 24.7. The maximum atomic E-state index is 12.9. The second kappa shape index (κ2) is 7.01. The van der Waals surface area contributed by atoms with E-state index in [9.17, 15) is 9.59 Å². The van der Waals surface area contributed by atoms with Crippen LogP contribution in [-0.4, -0.2) is 52.5 Å². The summed E-state index contributed by atoms with van der Waals surface area (Å²) in [4.78, 5) is 29.4. The third-order valence-electron chi connectivity index (χ3n) is 5.19. The molecular weight excluding hydrogens is 312 g/mol. The molecule has 2 aliphatic rings. The molecule has 3 rings (SSSR count). The van der Waals surface area contributed by atoms with Crippen molar-refractivity contribution in [3.63, 3.8) is 0 Å². The van der Waals surface area contributed by atoms with Gasteiger partial charge in [-0.15, -0.1) is 11.3 Å². The van der Waals surface area contributed by atoms with Crippen LogP contribution in [0.3, 0.4) is 0 Å². The van der Waals surface area contributed by atoms with Crippen LogP contribution in [0.1, 0.15) is 43.5 Å². The number of piperidine rings is 1. The Hall–Kier alpha value is -1.40. The van der Waals surface area contributed by atoms with Crippen LogP contribution in [0.5, 0.6) is 0 Å². The van der Waals surface area contributed by atoms with Crippen molar-refractivity contribution in [2.24, 2.45) is 5.92 Å². The van der Waals surface area contributed by atoms with Gasteiger partial charge in [-0.2, -0.15) is 0 Å². The minimum atomic E-state index is -0.707. The highest BCUT2D eigenvalue weighted by Crippen LogP contribution is 2.35. The van der Waals surface area contributed by atoms with Gasteiger partial charge in [-0.3, -0.25) is 14.5 Å². The van der Waals surface area contributed by atoms with Gasteiger partial charge in [0.05, 0.1) is 18.0 Å². The minimum Gasteiger partial charge on any atom is -0.481 e. The number of carbonyl (C=O) groups excluding carboxylic acids is 1. The summed E-state index contributed by atoms with van der Waals surface area (Å²) in [6.07, 6.45) is 3.38. The highest BCUT2D eigenvalue weighted by molar-refractivity contribution is 7.10. The molecule has 1 N–H and O–H groups in total. The van der Waals surface area contributed by atoms with Crippen LogP contribution in [0.15, 0.2) is 17.5 Å². The average Bonchev–Trinajstić information content (AvgIpc) is 3.24. The van der Waals surface area contributed by atoms with Gasteiger partial charge in [-0.1, -0.05) is 6.07 Å². The Morgan fingerprint density at radius 3 is 2.61 bits per heavy atom. The number of carboxylic acid groups (broad SMARTS) is 1. The molecule has 2 atom stereocenters. The van der Waals surface area contributed by atoms with E-state index >= 15 is 0 Å². The molecule has 2 fully saturated rings. The second-order valence-electron chi connectivity index (χ2n) is 6.53. The summed E-state index contributed by atoms with van der Waals surface area (Å²) in [6.45, 7) is 4.19. The summed E-state index contributed by atoms with van der Waals surface area (Å²) in [6, 6.07) is 4.22. The number of hydrogen-bond acceptors (Lipinski definition) is 4. The molecule has 1 amide bonds. The zero-order valence-corrected chi connectivity index (χ0v) is 14.3. The number of nitrogens with zero attached hydrogens (tertiary/aromatic N) is 2. The molecule has 2 unspecified atom stereocenters. The molecule has 0 radical (unpaired) electrons. The molecule has 23 heavy (non-hydrogen) atoms. The molecule has 2 saturated heterocycles. The first-order valence-corrected chi connectivity index (χ1v) is 9.26. The summed E-state index contributed by atoms with van der Waals surface area (Å²) < 4.78 is 0. The molecule has 3 heterocycles. The fraction of sp³-hybridized carbons (Fsp3) is 0.647. The number of carbonyl (C=O) groups is 2. The van der Waals surface area contributed by atoms with Crippen LogP contribution in [0.4, 0.5) is 0 Å². The third kappa shape index (κ3) is 3.43. The smallest absolute Gasteiger partial charge is 0.306 e. The first-order valence-electron chi connectivity index (χ1n) is 8.38. The van der Waals surface area contributed by atoms with Crippen LogP contribution < -0.4 is 0 Å². The Labute approximate surface area is 140 Å². The maximum Gasteiger partial charge on any atom is 0.306 e. The Bertz CT molecular complexity index is 552. The number of aliphatic carboxylic acids is 1. The first kappa shape index (κ1) is 16.5. The fourth-order valence-electron chi connectivity index (χ4n) is 3.74. The van der Waals surface area contributed by atoms with Gasteiger partial charge in [0.2, 0.25) is 5.91 Å². The van der Waals surface area contributed by atoms with Gasteiger partial charge in [0.25, 0.3) is 0 Å². The third-order valence-corrected chi connectivity index (χ3v) is 6.16. The molecule has 1 aromatic rings. The van der Waals surface area contributed by atoms with Crippen molar-refractivity contribution in [1.82, 2.24) is 9.80 Å². The molecule has 2 aliphatic heterocycles. The second-order valence-corrected chi connectivity index (χ2v) is 7.51. The molecule has 0 aliphatic carbocycles. The summed E-state index contributed by atoms with van der Waals surface area (Å²) >= 11 is 1.72. The van der Waals surface area contributed by atoms with E-state index in [0.717, 1.165) is 19.4 Å². The molecule has 1 aromatic heterocycles. The van der Waals surface area contributed by atoms with E-state index in [-0.39, 0.29) is 23.9 Å². The van der Waals surface area contributed by atoms with Crippen molar-refractivity contribution < 1.29 is 14.7 Å². The lowest BCUT2D eigenvalue weighted by molar-refractivity contribution is -0.144. The number of hydrogen-bond donors (Lipinski definition) is 1. The van der Waals surface area contributed by atoms with E-state index in [2.05, 4.69) is 16.3 Å². The lowest BCUT2D eigenvalue weighted by atomic mass is 9.96. The summed E-state index contributed by atoms with van der Waals surface area (Å²) in [7, 11) is 0. The highest BCUT2D eigenvalue weighted by Gasteiger charge is 2.36. The van der Waals surface area contributed by atoms with Crippen molar-refractivity contribution in [3.05, 3.63) is 22.4 Å². The zero-order chi connectivity index (χ0) is 16.4. The van der Waals surface area contributed by atoms with E-state index in [1.165, 1.54) is 4.88 Å². The van der Waals surface area contributed by atoms with Crippen LogP contribution >= 0.6 is 11.3 Å². The number of thiophene rings is 1. The molecule has 6 heteroatoms. The number of amides is 1. The van der Waals surface area contributed by atoms with E-state index in [4.69, 9.17) is 5.11 Å². The molecule has 0 aromatic carbocycles. The van der Waals surface area contributed by atoms with Crippen molar-refractivity contribution in [3.8, 4) is 0 Å². The van der Waals surface area contributed by atoms with Crippen molar-refractivity contribution in [2.75, 3.05) is 19.6 Å². The fourth-order valence-corrected chi connectivity index (χ4v) is 4.61. The number of likely N-dealkylation sites (tertiary alicyclic amines) is 2. The van der Waals surface area contributed by atoms with Gasteiger partial charge in [0.15, 0.2) is 0 Å². The molecule has 0 spiro atoms. The SMILES string of the molecule is CC(C(=O)N1CCCC1c1cccs1)N1CCC(C(=O)O)CC1. The van der Waals surface area contributed by atoms with Gasteiger partial charge in [0.1, 0.15) is 0 Å². The van der Waals surface area contributed by atoms with Gasteiger partial charge in [-0.25, -0.2) is 0 Å². The monoisotopic (exact) mass is 336 g/mol. The van der Waals surface area contributed by atoms with Crippen molar-refractivity contribution in [2.45, 2.75) is 44.7 Å². The Balaban J connectivity index is 1.62. The standard InChI is InChI=1S/C17H24N2O3S/c1-12(18-9-6-13(7-10-18)17(21)22)16(20)19-8-2-4-14(19)15-5-3-11-23-15/h3,5,11-14H,2,4,6-10H2,1H3,(H,21,22). The van der Waals surface area contributed by atoms with Gasteiger partial charge < -0.3 is 10.0 Å². The summed E-state index contributed by atoms with van der Waals surface area (Å²) in [5, 5.41) is 11.2. The topological polar surface area (TPSA) is 60.9 Å². The predicted molar refractivity (Wildman–Crippen MR) is 89.4 cm³/mol. The van der Waals surface area contributed by atoms with Crippen molar-refractivity contribution >= 4 is 23.2 Å². The Kier molecular flexibility index (Phi) is 5.02. The van der Waals surface area contributed by atoms with E-state index in [1.807, 2.05) is 17.9 Å². The van der Waals surface area contributed by atoms with E-state index in [1.54, 1.807) is 11.3 Å². The van der Waals surface area contributed by atoms with Crippen LogP contribution in [0, 0.1) is 5.92 Å². The molecule has 0 saturated carbocycles. The number of rotatable bonds is 4. The highest BCUT2D eigenvalue weighted by atomic mass is 32.1. The van der Waals surface area contributed by atoms with Gasteiger partial charge >= 0.3 is 5.97 Å². The van der Waals surface area contributed by atoms with Crippen LogP contribution in [-0.2, 0) is 9.59 Å². The van der Waals surface area contributed by atoms with E-state index < -0.39 is 5.97 Å². The maximum absolute atomic E-state index is 12.9. The molecule has 5 nitrogen and oxygen atoms in total. The lowest BCUT2D eigenvalue weighted by Gasteiger charge is -2.36. The van der Waals surface area contributed by atoms with Crippen LogP contribution in [0.2, 0.25) is 0 Å². The largest absolute Gasteiger partial charge is 0.481 e. The summed E-state index contributed by atoms with van der Waals surface area (Å²) in [5.74, 6) is -0.769. The summed E-state index contributed by atoms with van der Waals surface area (Å²) in [5.41, 5.74) is 0. The van der Waals surface area contributed by atoms with Crippen LogP contribution in [0.25, 0.3) is 0 Å². The lowest BCUT2D eigenvalue weighted by Crippen LogP contribution is -2.50. The van der Waals surface area contributed by atoms with Gasteiger partial charge in [-0.05, 0) is 57.1 Å². The van der Waals surface area contributed by atoms with E-state index in [0.29, 0.717) is 25.9 Å². The molecule has 0 bridgehead atoms. The predicted octanol–water partition coefficient (Wildman–Crippen LogP) is 2.60. The first-order chi connectivity index (χ1) is 11.1. The minimum absolute atomic E-state index is 0.162. The average molecular weight is 336 g/mol. The molecule has 126 valence electrons. The zero-order valence-electron chi connectivity index (χ0n) is 13.5. The Morgan fingerprint density at radius 1 is 1.26 bits per heavy atom. The van der Waals surface area contributed by atoms with Crippen molar-refractivity contribution in [1.29, 1.82) is 0 Å². The molecular formula is C17H24N2O3S. The van der Waals surface area contributed by atoms with Gasteiger partial charge in [0, 0.05) is 11.4 Å². The quantitative estimate of drug-likeness (QED) is 0.918. The Morgan fingerprint density at radius 2 is 2.00 bits per heavy atom. The number of carboxylic acids is 1.